The van der Waals surface area contributed by atoms with Crippen molar-refractivity contribution < 1.29 is 9.90 Å². The maximum atomic E-state index is 10.9. The molecule has 0 atom stereocenters. The van der Waals surface area contributed by atoms with Crippen LogP contribution in [0.25, 0.3) is 0 Å². The minimum absolute atomic E-state index is 0.407. The zero-order valence-electron chi connectivity index (χ0n) is 8.31. The van der Waals surface area contributed by atoms with Crippen LogP contribution in [0.15, 0.2) is 40.2 Å². The van der Waals surface area contributed by atoms with E-state index in [4.69, 9.17) is 5.11 Å². The third-order valence-electron chi connectivity index (χ3n) is 2.23. The van der Waals surface area contributed by atoms with E-state index in [-0.39, 0.29) is 0 Å². The van der Waals surface area contributed by atoms with Gasteiger partial charge in [0.05, 0.1) is 5.56 Å². The van der Waals surface area contributed by atoms with Crippen LogP contribution in [0, 0.1) is 0 Å². The second kappa shape index (κ2) is 4.80. The number of carboxylic acid groups (broad SMARTS) is 1. The van der Waals surface area contributed by atoms with Crippen molar-refractivity contribution in [3.63, 3.8) is 0 Å². The third-order valence-corrected chi connectivity index (χ3v) is 3.64. The molecule has 0 spiro atoms. The molecular weight excluding hydrogens is 288 g/mol. The van der Waals surface area contributed by atoms with Gasteiger partial charge in [0, 0.05) is 15.8 Å². The lowest BCUT2D eigenvalue weighted by molar-refractivity contribution is 0.0696. The van der Waals surface area contributed by atoms with Crippen LogP contribution in [-0.4, -0.2) is 11.1 Å². The lowest BCUT2D eigenvalue weighted by atomic mass is 10.1. The van der Waals surface area contributed by atoms with Gasteiger partial charge in [0.1, 0.15) is 0 Å². The molecule has 1 N–H and O–H groups in total. The van der Waals surface area contributed by atoms with E-state index in [2.05, 4.69) is 15.9 Å². The van der Waals surface area contributed by atoms with Gasteiger partial charge in [-0.05, 0) is 29.1 Å². The first-order valence-electron chi connectivity index (χ1n) is 4.71. The smallest absolute Gasteiger partial charge is 0.336 e. The SMILES string of the molecule is O=C(O)c1ccsc1Cc1cccc(Br)c1. The topological polar surface area (TPSA) is 37.3 Å². The Kier molecular flexibility index (Phi) is 3.41. The summed E-state index contributed by atoms with van der Waals surface area (Å²) in [6.07, 6.45) is 0.665. The molecule has 16 heavy (non-hydrogen) atoms. The Hall–Kier alpha value is -1.13. The molecule has 0 aliphatic carbocycles. The fraction of sp³-hybridized carbons (Fsp3) is 0.0833. The lowest BCUT2D eigenvalue weighted by Gasteiger charge is -2.01. The first-order valence-corrected chi connectivity index (χ1v) is 6.38. The number of thiophene rings is 1. The van der Waals surface area contributed by atoms with Gasteiger partial charge in [0.2, 0.25) is 0 Å². The lowest BCUT2D eigenvalue weighted by Crippen LogP contribution is -1.98. The van der Waals surface area contributed by atoms with E-state index in [0.29, 0.717) is 12.0 Å². The molecule has 0 aliphatic heterocycles. The van der Waals surface area contributed by atoms with Crippen LogP contribution in [-0.2, 0) is 6.42 Å². The highest BCUT2D eigenvalue weighted by Crippen LogP contribution is 2.22. The average molecular weight is 297 g/mol. The molecule has 0 fully saturated rings. The first kappa shape index (κ1) is 11.4. The highest BCUT2D eigenvalue weighted by molar-refractivity contribution is 9.10. The van der Waals surface area contributed by atoms with E-state index >= 15 is 0 Å². The summed E-state index contributed by atoms with van der Waals surface area (Å²) < 4.78 is 1.01. The predicted molar refractivity (Wildman–Crippen MR) is 68.2 cm³/mol. The number of halogens is 1. The average Bonchev–Trinajstić information content (AvgIpc) is 2.66. The van der Waals surface area contributed by atoms with Crippen molar-refractivity contribution in [2.24, 2.45) is 0 Å². The maximum Gasteiger partial charge on any atom is 0.336 e. The van der Waals surface area contributed by atoms with Gasteiger partial charge in [-0.3, -0.25) is 0 Å². The summed E-state index contributed by atoms with van der Waals surface area (Å²) in [5.74, 6) is -0.855. The van der Waals surface area contributed by atoms with Crippen LogP contribution in [0.1, 0.15) is 20.8 Å². The van der Waals surface area contributed by atoms with E-state index in [1.54, 1.807) is 6.07 Å². The normalized spacial score (nSPS) is 10.3. The molecular formula is C12H9BrO2S. The van der Waals surface area contributed by atoms with Crippen molar-refractivity contribution in [2.75, 3.05) is 0 Å². The van der Waals surface area contributed by atoms with E-state index in [1.807, 2.05) is 29.6 Å². The Bertz CT molecular complexity index is 519. The van der Waals surface area contributed by atoms with E-state index in [1.165, 1.54) is 11.3 Å². The summed E-state index contributed by atoms with van der Waals surface area (Å²) in [5.41, 5.74) is 1.52. The highest BCUT2D eigenvalue weighted by atomic mass is 79.9. The van der Waals surface area contributed by atoms with Crippen LogP contribution in [0.2, 0.25) is 0 Å². The number of aromatic carboxylic acids is 1. The maximum absolute atomic E-state index is 10.9. The number of benzene rings is 1. The molecule has 0 unspecified atom stereocenters. The summed E-state index contributed by atoms with van der Waals surface area (Å²) in [6, 6.07) is 9.56. The second-order valence-corrected chi connectivity index (χ2v) is 5.29. The molecule has 0 radical (unpaired) electrons. The van der Waals surface area contributed by atoms with Gasteiger partial charge in [0.15, 0.2) is 0 Å². The van der Waals surface area contributed by atoms with Crippen LogP contribution < -0.4 is 0 Å². The number of hydrogen-bond donors (Lipinski definition) is 1. The summed E-state index contributed by atoms with van der Waals surface area (Å²) in [6.45, 7) is 0. The summed E-state index contributed by atoms with van der Waals surface area (Å²) in [5, 5.41) is 10.8. The van der Waals surface area contributed by atoms with Crippen LogP contribution in [0.3, 0.4) is 0 Å². The van der Waals surface area contributed by atoms with Crippen LogP contribution >= 0.6 is 27.3 Å². The van der Waals surface area contributed by atoms with E-state index in [0.717, 1.165) is 14.9 Å². The Morgan fingerprint density at radius 1 is 1.38 bits per heavy atom. The second-order valence-electron chi connectivity index (χ2n) is 3.37. The van der Waals surface area contributed by atoms with Gasteiger partial charge in [-0.1, -0.05) is 28.1 Å². The van der Waals surface area contributed by atoms with Crippen molar-refractivity contribution in [1.29, 1.82) is 0 Å². The van der Waals surface area contributed by atoms with Gasteiger partial charge < -0.3 is 5.11 Å². The molecule has 2 rings (SSSR count). The fourth-order valence-corrected chi connectivity index (χ4v) is 2.85. The molecule has 0 amide bonds. The molecule has 82 valence electrons. The van der Waals surface area contributed by atoms with E-state index in [9.17, 15) is 4.79 Å². The van der Waals surface area contributed by atoms with Gasteiger partial charge >= 0.3 is 5.97 Å². The predicted octanol–water partition coefficient (Wildman–Crippen LogP) is 3.80. The molecule has 0 bridgehead atoms. The molecule has 0 saturated carbocycles. The standard InChI is InChI=1S/C12H9BrO2S/c13-9-3-1-2-8(6-9)7-11-10(12(14)15)4-5-16-11/h1-6H,7H2,(H,14,15). The van der Waals surface area contributed by atoms with Crippen molar-refractivity contribution in [2.45, 2.75) is 6.42 Å². The monoisotopic (exact) mass is 296 g/mol. The number of carboxylic acids is 1. The minimum Gasteiger partial charge on any atom is -0.478 e. The Morgan fingerprint density at radius 2 is 2.19 bits per heavy atom. The molecule has 4 heteroatoms. The molecule has 1 aromatic heterocycles. The molecule has 1 aromatic carbocycles. The van der Waals surface area contributed by atoms with Crippen molar-refractivity contribution >= 4 is 33.2 Å². The largest absolute Gasteiger partial charge is 0.478 e. The quantitative estimate of drug-likeness (QED) is 0.935. The minimum atomic E-state index is -0.855. The molecule has 1 heterocycles. The van der Waals surface area contributed by atoms with Gasteiger partial charge in [-0.2, -0.15) is 0 Å². The first-order chi connectivity index (χ1) is 7.66. The zero-order chi connectivity index (χ0) is 11.5. The van der Waals surface area contributed by atoms with Gasteiger partial charge in [0.25, 0.3) is 0 Å². The summed E-state index contributed by atoms with van der Waals surface area (Å²) >= 11 is 4.88. The van der Waals surface area contributed by atoms with E-state index < -0.39 is 5.97 Å². The van der Waals surface area contributed by atoms with Crippen LogP contribution in [0.5, 0.6) is 0 Å². The molecule has 0 saturated heterocycles. The Morgan fingerprint density at radius 3 is 2.88 bits per heavy atom. The third kappa shape index (κ3) is 2.51. The summed E-state index contributed by atoms with van der Waals surface area (Å²) in [7, 11) is 0. The van der Waals surface area contributed by atoms with Crippen molar-refractivity contribution in [3.05, 3.63) is 56.2 Å². The van der Waals surface area contributed by atoms with Gasteiger partial charge in [-0.15, -0.1) is 11.3 Å². The molecule has 0 aliphatic rings. The molecule has 2 aromatic rings. The summed E-state index contributed by atoms with van der Waals surface area (Å²) in [4.78, 5) is 11.8. The highest BCUT2D eigenvalue weighted by Gasteiger charge is 2.11. The zero-order valence-corrected chi connectivity index (χ0v) is 10.7. The fourth-order valence-electron chi connectivity index (χ4n) is 1.50. The Labute approximate surface area is 106 Å². The number of rotatable bonds is 3. The number of carbonyl (C=O) groups is 1. The van der Waals surface area contributed by atoms with Gasteiger partial charge in [-0.25, -0.2) is 4.79 Å². The Balaban J connectivity index is 2.27. The van der Waals surface area contributed by atoms with Crippen molar-refractivity contribution in [1.82, 2.24) is 0 Å². The van der Waals surface area contributed by atoms with Crippen molar-refractivity contribution in [3.8, 4) is 0 Å². The number of hydrogen-bond acceptors (Lipinski definition) is 2. The molecule has 2 nitrogen and oxygen atoms in total. The van der Waals surface area contributed by atoms with Crippen LogP contribution in [0.4, 0.5) is 0 Å².